The molecule has 0 bridgehead atoms. The summed E-state index contributed by atoms with van der Waals surface area (Å²) in [5.74, 6) is -0.171. The number of para-hydroxylation sites is 1. The zero-order valence-corrected chi connectivity index (χ0v) is 12.3. The third-order valence-electron chi connectivity index (χ3n) is 4.07. The van der Waals surface area contributed by atoms with Crippen molar-refractivity contribution in [1.29, 1.82) is 0 Å². The molecule has 5 heteroatoms. The summed E-state index contributed by atoms with van der Waals surface area (Å²) >= 11 is 0. The van der Waals surface area contributed by atoms with Crippen LogP contribution < -0.4 is 10.1 Å². The van der Waals surface area contributed by atoms with Crippen LogP contribution in [0.1, 0.15) is 38.2 Å². The number of benzene rings is 1. The molecule has 0 heterocycles. The van der Waals surface area contributed by atoms with Crippen LogP contribution in [0.15, 0.2) is 24.3 Å². The van der Waals surface area contributed by atoms with E-state index in [4.69, 9.17) is 4.74 Å². The van der Waals surface area contributed by atoms with E-state index >= 15 is 0 Å². The molecule has 1 fully saturated rings. The topological polar surface area (TPSA) is 78.8 Å². The highest BCUT2D eigenvalue weighted by molar-refractivity contribution is 5.79. The molecule has 1 aromatic rings. The van der Waals surface area contributed by atoms with Crippen molar-refractivity contribution in [1.82, 2.24) is 5.32 Å². The summed E-state index contributed by atoms with van der Waals surface area (Å²) in [5, 5.41) is 22.0. The first-order valence-electron chi connectivity index (χ1n) is 7.45. The summed E-state index contributed by atoms with van der Waals surface area (Å²) in [6.45, 7) is 2.45. The first kappa shape index (κ1) is 15.8. The lowest BCUT2D eigenvalue weighted by molar-refractivity contribution is -0.147. The van der Waals surface area contributed by atoms with Gasteiger partial charge in [0.1, 0.15) is 17.4 Å². The Morgan fingerprint density at radius 3 is 2.90 bits per heavy atom. The van der Waals surface area contributed by atoms with Crippen LogP contribution in [0.3, 0.4) is 0 Å². The molecule has 5 nitrogen and oxygen atoms in total. The van der Waals surface area contributed by atoms with Gasteiger partial charge >= 0.3 is 5.97 Å². The molecular weight excluding hydrogens is 270 g/mol. The Morgan fingerprint density at radius 2 is 2.24 bits per heavy atom. The predicted octanol–water partition coefficient (Wildman–Crippen LogP) is 1.93. The fourth-order valence-electron chi connectivity index (χ4n) is 3.02. The molecule has 1 saturated carbocycles. The van der Waals surface area contributed by atoms with Gasteiger partial charge < -0.3 is 20.3 Å². The van der Waals surface area contributed by atoms with Gasteiger partial charge in [0.2, 0.25) is 0 Å². The number of hydrogen-bond acceptors (Lipinski definition) is 4. The third kappa shape index (κ3) is 3.54. The van der Waals surface area contributed by atoms with E-state index in [2.05, 4.69) is 5.32 Å². The monoisotopic (exact) mass is 293 g/mol. The van der Waals surface area contributed by atoms with Gasteiger partial charge in [-0.3, -0.25) is 4.79 Å². The maximum absolute atomic E-state index is 11.6. The number of aliphatic hydroxyl groups excluding tert-OH is 1. The molecule has 2 unspecified atom stereocenters. The van der Waals surface area contributed by atoms with Gasteiger partial charge in [0.05, 0.1) is 6.61 Å². The van der Waals surface area contributed by atoms with E-state index in [0.29, 0.717) is 25.1 Å². The Kier molecular flexibility index (Phi) is 5.20. The molecule has 0 aromatic heterocycles. The van der Waals surface area contributed by atoms with Gasteiger partial charge in [0.25, 0.3) is 0 Å². The lowest BCUT2D eigenvalue weighted by Crippen LogP contribution is -2.56. The van der Waals surface area contributed by atoms with E-state index < -0.39 is 11.5 Å². The van der Waals surface area contributed by atoms with E-state index in [9.17, 15) is 15.0 Å². The second-order valence-corrected chi connectivity index (χ2v) is 5.52. The molecule has 116 valence electrons. The molecule has 2 rings (SSSR count). The highest BCUT2D eigenvalue weighted by atomic mass is 16.5. The highest BCUT2D eigenvalue weighted by Crippen LogP contribution is 2.32. The van der Waals surface area contributed by atoms with Crippen LogP contribution in [0.5, 0.6) is 5.75 Å². The number of aliphatic carboxylic acids is 1. The van der Waals surface area contributed by atoms with Gasteiger partial charge in [-0.25, -0.2) is 0 Å². The highest BCUT2D eigenvalue weighted by Gasteiger charge is 2.43. The number of carbonyl (C=O) groups is 1. The first-order chi connectivity index (χ1) is 10.1. The average Bonchev–Trinajstić information content (AvgIpc) is 2.48. The molecule has 2 atom stereocenters. The van der Waals surface area contributed by atoms with Crippen molar-refractivity contribution >= 4 is 5.97 Å². The average molecular weight is 293 g/mol. The van der Waals surface area contributed by atoms with Crippen molar-refractivity contribution in [2.75, 3.05) is 6.54 Å². The van der Waals surface area contributed by atoms with Gasteiger partial charge in [-0.1, -0.05) is 25.1 Å². The minimum absolute atomic E-state index is 0.0832. The summed E-state index contributed by atoms with van der Waals surface area (Å²) in [4.78, 5) is 11.6. The SMILES string of the molecule is CCNC1(C(=O)O)CCCC(Oc2ccccc2CO)C1. The van der Waals surface area contributed by atoms with E-state index in [-0.39, 0.29) is 12.7 Å². The Hall–Kier alpha value is -1.59. The number of hydrogen-bond donors (Lipinski definition) is 3. The largest absolute Gasteiger partial charge is 0.490 e. The first-order valence-corrected chi connectivity index (χ1v) is 7.45. The molecule has 0 aliphatic heterocycles. The van der Waals surface area contributed by atoms with Gasteiger partial charge in [-0.15, -0.1) is 0 Å². The molecule has 1 aliphatic carbocycles. The Labute approximate surface area is 124 Å². The zero-order valence-electron chi connectivity index (χ0n) is 12.3. The van der Waals surface area contributed by atoms with Crippen LogP contribution in [0.2, 0.25) is 0 Å². The maximum Gasteiger partial charge on any atom is 0.324 e. The number of carboxylic acids is 1. The minimum atomic E-state index is -0.897. The van der Waals surface area contributed by atoms with E-state index in [1.54, 1.807) is 0 Å². The van der Waals surface area contributed by atoms with Crippen molar-refractivity contribution in [3.8, 4) is 5.75 Å². The molecule has 3 N–H and O–H groups in total. The third-order valence-corrected chi connectivity index (χ3v) is 4.07. The number of carboxylic acid groups (broad SMARTS) is 1. The maximum atomic E-state index is 11.6. The van der Waals surface area contributed by atoms with Gasteiger partial charge in [-0.2, -0.15) is 0 Å². The molecule has 1 aromatic carbocycles. The van der Waals surface area contributed by atoms with Gasteiger partial charge in [-0.05, 0) is 31.9 Å². The number of aliphatic hydroxyl groups is 1. The molecule has 0 spiro atoms. The summed E-state index contributed by atoms with van der Waals surface area (Å²) < 4.78 is 5.97. The summed E-state index contributed by atoms with van der Waals surface area (Å²) in [7, 11) is 0. The quantitative estimate of drug-likeness (QED) is 0.747. The van der Waals surface area contributed by atoms with Crippen molar-refractivity contribution in [2.45, 2.75) is 50.9 Å². The normalized spacial score (nSPS) is 25.5. The molecular formula is C16H23NO4. The lowest BCUT2D eigenvalue weighted by atomic mass is 9.80. The number of nitrogens with one attached hydrogen (secondary N) is 1. The summed E-state index contributed by atoms with van der Waals surface area (Å²) in [5.41, 5.74) is -0.168. The molecule has 0 amide bonds. The van der Waals surface area contributed by atoms with Crippen LogP contribution in [-0.4, -0.2) is 34.4 Å². The smallest absolute Gasteiger partial charge is 0.324 e. The zero-order chi connectivity index (χ0) is 15.3. The Balaban J connectivity index is 2.12. The Morgan fingerprint density at radius 1 is 1.48 bits per heavy atom. The lowest BCUT2D eigenvalue weighted by Gasteiger charge is -2.38. The van der Waals surface area contributed by atoms with E-state index in [0.717, 1.165) is 18.4 Å². The van der Waals surface area contributed by atoms with Crippen LogP contribution in [0.4, 0.5) is 0 Å². The second kappa shape index (κ2) is 6.91. The van der Waals surface area contributed by atoms with E-state index in [1.807, 2.05) is 31.2 Å². The minimum Gasteiger partial charge on any atom is -0.490 e. The summed E-state index contributed by atoms with van der Waals surface area (Å²) in [6.07, 6.45) is 2.56. The van der Waals surface area contributed by atoms with Crippen molar-refractivity contribution < 1.29 is 19.7 Å². The molecule has 21 heavy (non-hydrogen) atoms. The predicted molar refractivity (Wildman–Crippen MR) is 79.3 cm³/mol. The van der Waals surface area contributed by atoms with Crippen LogP contribution in [0, 0.1) is 0 Å². The van der Waals surface area contributed by atoms with Gasteiger partial charge in [0, 0.05) is 12.0 Å². The van der Waals surface area contributed by atoms with Crippen molar-refractivity contribution in [3.05, 3.63) is 29.8 Å². The molecule has 0 radical (unpaired) electrons. The molecule has 0 saturated heterocycles. The fourth-order valence-corrected chi connectivity index (χ4v) is 3.02. The van der Waals surface area contributed by atoms with Crippen molar-refractivity contribution in [2.24, 2.45) is 0 Å². The summed E-state index contributed by atoms with van der Waals surface area (Å²) in [6, 6.07) is 7.33. The van der Waals surface area contributed by atoms with E-state index in [1.165, 1.54) is 0 Å². The number of likely N-dealkylation sites (N-methyl/N-ethyl adjacent to an activating group) is 1. The van der Waals surface area contributed by atoms with Gasteiger partial charge in [0.15, 0.2) is 0 Å². The molecule has 1 aliphatic rings. The van der Waals surface area contributed by atoms with Crippen molar-refractivity contribution in [3.63, 3.8) is 0 Å². The van der Waals surface area contributed by atoms with Crippen LogP contribution in [0.25, 0.3) is 0 Å². The van der Waals surface area contributed by atoms with Crippen LogP contribution in [-0.2, 0) is 11.4 Å². The second-order valence-electron chi connectivity index (χ2n) is 5.52. The number of ether oxygens (including phenoxy) is 1. The fraction of sp³-hybridized carbons (Fsp3) is 0.562. The Bertz CT molecular complexity index is 487. The van der Waals surface area contributed by atoms with Crippen LogP contribution >= 0.6 is 0 Å². The number of rotatable bonds is 6. The standard InChI is InChI=1S/C16H23NO4/c1-2-17-16(15(19)20)9-5-7-13(10-16)21-14-8-4-3-6-12(14)11-18/h3-4,6,8,13,17-18H,2,5,7,9-11H2,1H3,(H,19,20).